The lowest BCUT2D eigenvalue weighted by Gasteiger charge is -2.48. The fourth-order valence-corrected chi connectivity index (χ4v) is 3.83. The molecule has 2 fully saturated rings. The molecule has 1 aliphatic carbocycles. The van der Waals surface area contributed by atoms with E-state index in [-0.39, 0.29) is 5.54 Å². The summed E-state index contributed by atoms with van der Waals surface area (Å²) in [6.45, 7) is 3.28. The Morgan fingerprint density at radius 3 is 2.60 bits per heavy atom. The van der Waals surface area contributed by atoms with E-state index in [1.165, 1.54) is 12.0 Å². The number of morpholine rings is 1. The van der Waals surface area contributed by atoms with E-state index in [1.807, 2.05) is 0 Å². The molecule has 0 radical (unpaired) electrons. The number of hydrogen-bond acceptors (Lipinski definition) is 3. The highest BCUT2D eigenvalue weighted by Crippen LogP contribution is 2.44. The number of rotatable bonds is 2. The van der Waals surface area contributed by atoms with Crippen LogP contribution in [-0.4, -0.2) is 36.7 Å². The molecule has 3 rings (SSSR count). The minimum Gasteiger partial charge on any atom is -0.379 e. The first-order valence-electron chi connectivity index (χ1n) is 7.66. The zero-order valence-corrected chi connectivity index (χ0v) is 11.9. The molecule has 106 valence electrons. The number of nitriles is 1. The van der Waals surface area contributed by atoms with E-state index in [1.54, 1.807) is 0 Å². The van der Waals surface area contributed by atoms with E-state index in [2.05, 4.69) is 41.3 Å². The molecule has 1 saturated heterocycles. The lowest BCUT2D eigenvalue weighted by Crippen LogP contribution is -2.57. The summed E-state index contributed by atoms with van der Waals surface area (Å²) in [7, 11) is 0. The third-order valence-electron chi connectivity index (χ3n) is 4.85. The van der Waals surface area contributed by atoms with Crippen LogP contribution in [0.25, 0.3) is 0 Å². The number of benzene rings is 1. The lowest BCUT2D eigenvalue weighted by molar-refractivity contribution is -0.0229. The Balaban J connectivity index is 1.95. The largest absolute Gasteiger partial charge is 0.379 e. The van der Waals surface area contributed by atoms with Crippen LogP contribution in [0, 0.1) is 11.3 Å². The van der Waals surface area contributed by atoms with Gasteiger partial charge in [0.1, 0.15) is 5.54 Å². The molecule has 3 heteroatoms. The molecule has 2 aliphatic rings. The third-order valence-corrected chi connectivity index (χ3v) is 4.85. The monoisotopic (exact) mass is 270 g/mol. The van der Waals surface area contributed by atoms with Crippen LogP contribution in [-0.2, 0) is 4.74 Å². The Morgan fingerprint density at radius 2 is 1.90 bits per heavy atom. The van der Waals surface area contributed by atoms with Gasteiger partial charge in [-0.15, -0.1) is 0 Å². The summed E-state index contributed by atoms with van der Waals surface area (Å²) in [5, 5.41) is 9.99. The standard InChI is InChI=1S/C17H22N2O/c18-14-17(19-10-12-20-13-11-19)9-5-4-8-16(17)15-6-2-1-3-7-15/h1-3,6-7,16H,4-5,8-13H2. The Bertz CT molecular complexity index is 476. The van der Waals surface area contributed by atoms with Crippen molar-refractivity contribution in [2.24, 2.45) is 0 Å². The first kappa shape index (κ1) is 13.6. The third kappa shape index (κ3) is 2.34. The van der Waals surface area contributed by atoms with Crippen molar-refractivity contribution in [2.45, 2.75) is 37.1 Å². The molecule has 0 N–H and O–H groups in total. The zero-order chi connectivity index (χ0) is 13.8. The van der Waals surface area contributed by atoms with Gasteiger partial charge in [0.15, 0.2) is 0 Å². The summed E-state index contributed by atoms with van der Waals surface area (Å²) in [6, 6.07) is 13.3. The highest BCUT2D eigenvalue weighted by atomic mass is 16.5. The second kappa shape index (κ2) is 5.95. The molecule has 3 nitrogen and oxygen atoms in total. The van der Waals surface area contributed by atoms with Gasteiger partial charge in [-0.3, -0.25) is 4.90 Å². The maximum absolute atomic E-state index is 9.99. The summed E-state index contributed by atoms with van der Waals surface area (Å²) >= 11 is 0. The summed E-state index contributed by atoms with van der Waals surface area (Å²) in [6.07, 6.45) is 4.50. The highest BCUT2D eigenvalue weighted by Gasteiger charge is 2.46. The van der Waals surface area contributed by atoms with Crippen molar-refractivity contribution in [1.29, 1.82) is 5.26 Å². The van der Waals surface area contributed by atoms with Crippen molar-refractivity contribution in [3.8, 4) is 6.07 Å². The molecule has 1 aromatic carbocycles. The fraction of sp³-hybridized carbons (Fsp3) is 0.588. The van der Waals surface area contributed by atoms with Crippen LogP contribution in [0.3, 0.4) is 0 Å². The lowest BCUT2D eigenvalue weighted by atomic mass is 9.69. The van der Waals surface area contributed by atoms with Gasteiger partial charge in [0.25, 0.3) is 0 Å². The van der Waals surface area contributed by atoms with Crippen LogP contribution < -0.4 is 0 Å². The van der Waals surface area contributed by atoms with Gasteiger partial charge in [-0.05, 0) is 18.4 Å². The first-order valence-corrected chi connectivity index (χ1v) is 7.66. The molecule has 0 aromatic heterocycles. The van der Waals surface area contributed by atoms with Crippen molar-refractivity contribution in [1.82, 2.24) is 4.90 Å². The van der Waals surface area contributed by atoms with Crippen LogP contribution in [0.1, 0.15) is 37.2 Å². The van der Waals surface area contributed by atoms with Crippen LogP contribution in [0.4, 0.5) is 0 Å². The Hall–Kier alpha value is -1.37. The molecular weight excluding hydrogens is 248 g/mol. The second-order valence-corrected chi connectivity index (χ2v) is 5.84. The first-order chi connectivity index (χ1) is 9.87. The smallest absolute Gasteiger partial charge is 0.116 e. The molecule has 0 spiro atoms. The minimum absolute atomic E-state index is 0.330. The van der Waals surface area contributed by atoms with E-state index < -0.39 is 0 Å². The van der Waals surface area contributed by atoms with E-state index in [4.69, 9.17) is 4.74 Å². The molecule has 0 bridgehead atoms. The van der Waals surface area contributed by atoms with Gasteiger partial charge in [-0.2, -0.15) is 5.26 Å². The quantitative estimate of drug-likeness (QED) is 0.829. The van der Waals surface area contributed by atoms with Crippen LogP contribution >= 0.6 is 0 Å². The topological polar surface area (TPSA) is 36.3 Å². The molecule has 1 heterocycles. The SMILES string of the molecule is N#CC1(N2CCOCC2)CCCCC1c1ccccc1. The number of ether oxygens (including phenoxy) is 1. The van der Waals surface area contributed by atoms with Crippen molar-refractivity contribution in [3.63, 3.8) is 0 Å². The zero-order valence-electron chi connectivity index (χ0n) is 11.9. The van der Waals surface area contributed by atoms with Gasteiger partial charge >= 0.3 is 0 Å². The highest BCUT2D eigenvalue weighted by molar-refractivity contribution is 5.30. The van der Waals surface area contributed by atoms with Crippen LogP contribution in [0.5, 0.6) is 0 Å². The van der Waals surface area contributed by atoms with E-state index in [0.717, 1.165) is 45.6 Å². The summed E-state index contributed by atoms with van der Waals surface area (Å²) in [5.41, 5.74) is 0.990. The van der Waals surface area contributed by atoms with E-state index in [9.17, 15) is 5.26 Å². The van der Waals surface area contributed by atoms with Gasteiger partial charge < -0.3 is 4.74 Å². The van der Waals surface area contributed by atoms with Gasteiger partial charge in [-0.25, -0.2) is 0 Å². The maximum Gasteiger partial charge on any atom is 0.116 e. The van der Waals surface area contributed by atoms with Gasteiger partial charge in [0.2, 0.25) is 0 Å². The second-order valence-electron chi connectivity index (χ2n) is 5.84. The van der Waals surface area contributed by atoms with Crippen LogP contribution in [0.15, 0.2) is 30.3 Å². The predicted molar refractivity (Wildman–Crippen MR) is 78.4 cm³/mol. The molecule has 1 saturated carbocycles. The van der Waals surface area contributed by atoms with Crippen molar-refractivity contribution < 1.29 is 4.74 Å². The Kier molecular flexibility index (Phi) is 4.05. The van der Waals surface area contributed by atoms with E-state index in [0.29, 0.717) is 5.92 Å². The maximum atomic E-state index is 9.99. The molecule has 2 unspecified atom stereocenters. The van der Waals surface area contributed by atoms with Crippen molar-refractivity contribution in [3.05, 3.63) is 35.9 Å². The predicted octanol–water partition coefficient (Wildman–Crippen LogP) is 2.94. The summed E-state index contributed by atoms with van der Waals surface area (Å²) < 4.78 is 5.47. The van der Waals surface area contributed by atoms with Gasteiger partial charge in [0, 0.05) is 19.0 Å². The fourth-order valence-electron chi connectivity index (χ4n) is 3.83. The van der Waals surface area contributed by atoms with E-state index >= 15 is 0 Å². The normalized spacial score (nSPS) is 31.6. The number of nitrogens with zero attached hydrogens (tertiary/aromatic N) is 2. The van der Waals surface area contributed by atoms with Crippen molar-refractivity contribution >= 4 is 0 Å². The molecule has 1 aromatic rings. The Morgan fingerprint density at radius 1 is 1.15 bits per heavy atom. The molecular formula is C17H22N2O. The van der Waals surface area contributed by atoms with Gasteiger partial charge in [-0.1, -0.05) is 43.2 Å². The van der Waals surface area contributed by atoms with Crippen LogP contribution in [0.2, 0.25) is 0 Å². The minimum atomic E-state index is -0.330. The molecule has 1 aliphatic heterocycles. The molecule has 2 atom stereocenters. The molecule has 20 heavy (non-hydrogen) atoms. The average Bonchev–Trinajstić information content (AvgIpc) is 2.56. The summed E-state index contributed by atoms with van der Waals surface area (Å²) in [4.78, 5) is 2.38. The average molecular weight is 270 g/mol. The van der Waals surface area contributed by atoms with Crippen molar-refractivity contribution in [2.75, 3.05) is 26.3 Å². The summed E-state index contributed by atoms with van der Waals surface area (Å²) in [5.74, 6) is 0.334. The number of hydrogen-bond donors (Lipinski definition) is 0. The van der Waals surface area contributed by atoms with Gasteiger partial charge in [0.05, 0.1) is 19.3 Å². The Labute approximate surface area is 121 Å². The molecule has 0 amide bonds.